The average molecular weight is 686 g/mol. The Morgan fingerprint density at radius 3 is 1.85 bits per heavy atom. The number of hydrogen-bond donors (Lipinski definition) is 0. The standard InChI is InChI=1S/C48H49N2O2/c1-37(51)49(43-22-12-5-13-23-43)44-29-34-50(35-30-44,32-27-38-16-6-2-7-17-38)33-28-39-36-40-26-31-48(41-18-8-3-9-19-41,42-20-10-4-11-21-42)52-47(40)46-25-15-14-24-45(39)46/h2-25,36,44H,26-35H2,1H3/q+1. The maximum atomic E-state index is 13.0. The second-order valence-electron chi connectivity index (χ2n) is 14.9. The maximum Gasteiger partial charge on any atom is 0.224 e. The molecule has 6 aromatic rings. The van der Waals surface area contributed by atoms with E-state index in [1.165, 1.54) is 38.6 Å². The summed E-state index contributed by atoms with van der Waals surface area (Å²) in [4.78, 5) is 15.0. The Kier molecular flexibility index (Phi) is 9.66. The first kappa shape index (κ1) is 33.9. The minimum absolute atomic E-state index is 0.131. The van der Waals surface area contributed by atoms with Gasteiger partial charge in [-0.1, -0.05) is 140 Å². The molecular formula is C48H49N2O2+. The number of carbonyl (C=O) groups is 1. The van der Waals surface area contributed by atoms with E-state index in [4.69, 9.17) is 4.74 Å². The van der Waals surface area contributed by atoms with Crippen LogP contribution in [-0.4, -0.2) is 42.6 Å². The van der Waals surface area contributed by atoms with Gasteiger partial charge in [0.1, 0.15) is 5.75 Å². The fraction of sp³-hybridized carbons (Fsp3) is 0.271. The van der Waals surface area contributed by atoms with Crippen molar-refractivity contribution >= 4 is 22.4 Å². The fourth-order valence-electron chi connectivity index (χ4n) is 9.05. The summed E-state index contributed by atoms with van der Waals surface area (Å²) in [5.41, 5.74) is 6.99. The van der Waals surface area contributed by atoms with Crippen molar-refractivity contribution in [1.29, 1.82) is 0 Å². The summed E-state index contributed by atoms with van der Waals surface area (Å²) in [5, 5.41) is 2.50. The van der Waals surface area contributed by atoms with Crippen molar-refractivity contribution in [2.75, 3.05) is 31.1 Å². The molecule has 0 bridgehead atoms. The van der Waals surface area contributed by atoms with E-state index < -0.39 is 5.60 Å². The molecule has 2 aliphatic rings. The van der Waals surface area contributed by atoms with Crippen LogP contribution in [0.1, 0.15) is 54.0 Å². The fourth-order valence-corrected chi connectivity index (χ4v) is 9.05. The lowest BCUT2D eigenvalue weighted by Gasteiger charge is -2.46. The largest absolute Gasteiger partial charge is 0.477 e. The first-order chi connectivity index (χ1) is 25.5. The van der Waals surface area contributed by atoms with E-state index in [1.54, 1.807) is 6.92 Å². The van der Waals surface area contributed by atoms with Crippen molar-refractivity contribution < 1.29 is 14.0 Å². The van der Waals surface area contributed by atoms with Crippen molar-refractivity contribution in [2.24, 2.45) is 0 Å². The lowest BCUT2D eigenvalue weighted by Crippen LogP contribution is -2.58. The zero-order valence-electron chi connectivity index (χ0n) is 30.3. The Bertz CT molecular complexity index is 2070. The van der Waals surface area contributed by atoms with Gasteiger partial charge in [0.2, 0.25) is 5.91 Å². The number of aryl methyl sites for hydroxylation is 1. The lowest BCUT2D eigenvalue weighted by molar-refractivity contribution is -0.932. The predicted molar refractivity (Wildman–Crippen MR) is 213 cm³/mol. The summed E-state index contributed by atoms with van der Waals surface area (Å²) in [5.74, 6) is 1.16. The maximum absolute atomic E-state index is 13.0. The van der Waals surface area contributed by atoms with Crippen LogP contribution in [0.15, 0.2) is 152 Å². The van der Waals surface area contributed by atoms with E-state index in [0.717, 1.165) is 80.6 Å². The van der Waals surface area contributed by atoms with Crippen molar-refractivity contribution in [3.05, 3.63) is 179 Å². The molecule has 2 aliphatic heterocycles. The van der Waals surface area contributed by atoms with Crippen molar-refractivity contribution in [3.63, 3.8) is 0 Å². The molecular weight excluding hydrogens is 637 g/mol. The number of benzene rings is 6. The van der Waals surface area contributed by atoms with E-state index in [-0.39, 0.29) is 11.9 Å². The van der Waals surface area contributed by atoms with Gasteiger partial charge in [-0.25, -0.2) is 0 Å². The molecule has 1 fully saturated rings. The van der Waals surface area contributed by atoms with Gasteiger partial charge in [0, 0.05) is 49.7 Å². The topological polar surface area (TPSA) is 29.5 Å². The summed E-state index contributed by atoms with van der Waals surface area (Å²) in [6.07, 6.45) is 5.91. The Morgan fingerprint density at radius 2 is 1.23 bits per heavy atom. The van der Waals surface area contributed by atoms with Gasteiger partial charge in [0.25, 0.3) is 0 Å². The molecule has 0 radical (unpaired) electrons. The third kappa shape index (κ3) is 6.76. The van der Waals surface area contributed by atoms with E-state index in [2.05, 4.69) is 133 Å². The number of carbonyl (C=O) groups excluding carboxylic acids is 1. The highest BCUT2D eigenvalue weighted by atomic mass is 16.5. The normalized spacial score (nSPS) is 19.4. The van der Waals surface area contributed by atoms with Gasteiger partial charge in [-0.15, -0.1) is 0 Å². The van der Waals surface area contributed by atoms with Crippen LogP contribution < -0.4 is 9.64 Å². The number of fused-ring (bicyclic) bond motifs is 3. The molecule has 1 amide bonds. The van der Waals surface area contributed by atoms with Gasteiger partial charge in [0.15, 0.2) is 5.60 Å². The first-order valence-corrected chi connectivity index (χ1v) is 19.1. The summed E-state index contributed by atoms with van der Waals surface area (Å²) < 4.78 is 8.38. The second-order valence-corrected chi connectivity index (χ2v) is 14.9. The molecule has 0 atom stereocenters. The van der Waals surface area contributed by atoms with Crippen LogP contribution in [-0.2, 0) is 29.7 Å². The van der Waals surface area contributed by atoms with Crippen LogP contribution in [0, 0.1) is 0 Å². The van der Waals surface area contributed by atoms with E-state index >= 15 is 0 Å². The third-order valence-electron chi connectivity index (χ3n) is 11.8. The quantitative estimate of drug-likeness (QED) is 0.134. The minimum atomic E-state index is -0.537. The van der Waals surface area contributed by atoms with Crippen LogP contribution in [0.25, 0.3) is 10.8 Å². The van der Waals surface area contributed by atoms with Crippen molar-refractivity contribution in [1.82, 2.24) is 0 Å². The Balaban J connectivity index is 1.09. The number of amides is 1. The lowest BCUT2D eigenvalue weighted by atomic mass is 9.78. The minimum Gasteiger partial charge on any atom is -0.477 e. The highest BCUT2D eigenvalue weighted by molar-refractivity contribution is 5.93. The summed E-state index contributed by atoms with van der Waals surface area (Å²) in [7, 11) is 0. The number of ether oxygens (including phenoxy) is 1. The molecule has 0 spiro atoms. The molecule has 0 aromatic heterocycles. The van der Waals surface area contributed by atoms with Crippen molar-refractivity contribution in [2.45, 2.75) is 57.1 Å². The molecule has 6 aromatic carbocycles. The molecule has 0 saturated carbocycles. The van der Waals surface area contributed by atoms with Crippen LogP contribution in [0.3, 0.4) is 0 Å². The van der Waals surface area contributed by atoms with E-state index in [0.29, 0.717) is 0 Å². The molecule has 4 heteroatoms. The van der Waals surface area contributed by atoms with Crippen LogP contribution in [0.2, 0.25) is 0 Å². The van der Waals surface area contributed by atoms with Gasteiger partial charge in [-0.05, 0) is 58.2 Å². The average Bonchev–Trinajstić information content (AvgIpc) is 3.21. The Labute approximate surface area is 308 Å². The molecule has 52 heavy (non-hydrogen) atoms. The molecule has 2 heterocycles. The molecule has 8 rings (SSSR count). The molecule has 0 aliphatic carbocycles. The van der Waals surface area contributed by atoms with Gasteiger partial charge in [0.05, 0.1) is 26.2 Å². The number of piperidine rings is 1. The molecule has 0 unspecified atom stereocenters. The summed E-state index contributed by atoms with van der Waals surface area (Å²) >= 11 is 0. The van der Waals surface area contributed by atoms with E-state index in [9.17, 15) is 4.79 Å². The SMILES string of the molecule is CC(=O)N(c1ccccc1)C1CC[N+](CCc2ccccc2)(CCc2cc3c(c4ccccc24)OC(c2ccccc2)(c2ccccc2)CC3)CC1. The second kappa shape index (κ2) is 14.8. The van der Waals surface area contributed by atoms with Crippen molar-refractivity contribution in [3.8, 4) is 5.75 Å². The summed E-state index contributed by atoms with van der Waals surface area (Å²) in [6.45, 7) is 6.03. The van der Waals surface area contributed by atoms with Gasteiger partial charge < -0.3 is 14.1 Å². The number of hydrogen-bond acceptors (Lipinski definition) is 2. The molecule has 1 saturated heterocycles. The van der Waals surface area contributed by atoms with Gasteiger partial charge in [-0.3, -0.25) is 4.79 Å². The van der Waals surface area contributed by atoms with Gasteiger partial charge in [-0.2, -0.15) is 0 Å². The third-order valence-corrected chi connectivity index (χ3v) is 11.8. The molecule has 262 valence electrons. The first-order valence-electron chi connectivity index (χ1n) is 19.1. The highest BCUT2D eigenvalue weighted by Crippen LogP contribution is 2.47. The summed E-state index contributed by atoms with van der Waals surface area (Å²) in [6, 6.07) is 54.3. The van der Waals surface area contributed by atoms with Crippen LogP contribution in [0.4, 0.5) is 5.69 Å². The zero-order valence-corrected chi connectivity index (χ0v) is 30.3. The smallest absolute Gasteiger partial charge is 0.224 e. The number of rotatable bonds is 10. The number of likely N-dealkylation sites (tertiary alicyclic amines) is 1. The zero-order chi connectivity index (χ0) is 35.4. The Hall–Kier alpha value is -5.19. The monoisotopic (exact) mass is 685 g/mol. The van der Waals surface area contributed by atoms with E-state index in [1.807, 2.05) is 23.1 Å². The van der Waals surface area contributed by atoms with Crippen LogP contribution in [0.5, 0.6) is 5.75 Å². The number of quaternary nitrogens is 1. The molecule has 0 N–H and O–H groups in total. The number of nitrogens with zero attached hydrogens (tertiary/aromatic N) is 2. The van der Waals surface area contributed by atoms with Gasteiger partial charge >= 0.3 is 0 Å². The number of para-hydroxylation sites is 1. The Morgan fingerprint density at radius 1 is 0.692 bits per heavy atom. The number of anilines is 1. The highest BCUT2D eigenvalue weighted by Gasteiger charge is 2.41. The predicted octanol–water partition coefficient (Wildman–Crippen LogP) is 9.93. The van der Waals surface area contributed by atoms with Crippen LogP contribution >= 0.6 is 0 Å². The molecule has 4 nitrogen and oxygen atoms in total.